The van der Waals surface area contributed by atoms with E-state index in [4.69, 9.17) is 27.9 Å². The lowest BCUT2D eigenvalue weighted by Crippen LogP contribution is -2.47. The summed E-state index contributed by atoms with van der Waals surface area (Å²) in [5, 5.41) is 3.42. The summed E-state index contributed by atoms with van der Waals surface area (Å²) < 4.78 is 5.63. The first kappa shape index (κ1) is 21.1. The number of carbonyl (C=O) groups excluding carboxylic acids is 3. The maximum absolute atomic E-state index is 12.7. The molecule has 2 aromatic carbocycles. The number of benzene rings is 2. The Kier molecular flexibility index (Phi) is 6.45. The first-order valence-corrected chi connectivity index (χ1v) is 9.96. The molecule has 0 bridgehead atoms. The fourth-order valence-electron chi connectivity index (χ4n) is 3.04. The van der Waals surface area contributed by atoms with Gasteiger partial charge in [-0.3, -0.25) is 19.3 Å². The molecule has 152 valence electrons. The fourth-order valence-corrected chi connectivity index (χ4v) is 3.49. The molecule has 0 aromatic heterocycles. The minimum atomic E-state index is -0.744. The maximum atomic E-state index is 12.7. The molecule has 3 rings (SSSR count). The molecule has 1 heterocycles. The Balaban J connectivity index is 1.86. The van der Waals surface area contributed by atoms with Gasteiger partial charge in [-0.05, 0) is 49.7 Å². The van der Waals surface area contributed by atoms with Crippen molar-refractivity contribution in [3.05, 3.63) is 52.0 Å². The summed E-state index contributed by atoms with van der Waals surface area (Å²) in [5.41, 5.74) is 1.26. The highest BCUT2D eigenvalue weighted by molar-refractivity contribution is 6.36. The van der Waals surface area contributed by atoms with E-state index in [9.17, 15) is 14.4 Å². The highest BCUT2D eigenvalue weighted by Gasteiger charge is 2.33. The van der Waals surface area contributed by atoms with Crippen LogP contribution >= 0.6 is 23.2 Å². The summed E-state index contributed by atoms with van der Waals surface area (Å²) in [4.78, 5) is 38.9. The van der Waals surface area contributed by atoms with Gasteiger partial charge < -0.3 is 10.1 Å². The molecule has 0 fully saturated rings. The zero-order valence-electron chi connectivity index (χ0n) is 16.0. The molecule has 6 nitrogen and oxygen atoms in total. The summed E-state index contributed by atoms with van der Waals surface area (Å²) in [6.07, 6.45) is 0.377. The third-order valence-corrected chi connectivity index (χ3v) is 5.02. The Labute approximate surface area is 178 Å². The number of hydrogen-bond acceptors (Lipinski definition) is 4. The molecule has 29 heavy (non-hydrogen) atoms. The minimum Gasteiger partial charge on any atom is -0.479 e. The van der Waals surface area contributed by atoms with Gasteiger partial charge >= 0.3 is 0 Å². The molecule has 1 N–H and O–H groups in total. The van der Waals surface area contributed by atoms with Crippen LogP contribution in [0.1, 0.15) is 37.0 Å². The maximum Gasteiger partial charge on any atom is 0.268 e. The lowest BCUT2D eigenvalue weighted by atomic mass is 10.0. The SMILES string of the molecule is CCCC(=O)c1ccc2c(c1)N(CC(=O)Nc1ccc(Cl)cc1Cl)C(=O)C(C)O2. The summed E-state index contributed by atoms with van der Waals surface area (Å²) in [5.74, 6) is -0.385. The molecule has 0 spiro atoms. The van der Waals surface area contributed by atoms with Gasteiger partial charge in [-0.1, -0.05) is 30.1 Å². The Bertz CT molecular complexity index is 977. The van der Waals surface area contributed by atoms with E-state index in [1.54, 1.807) is 37.3 Å². The van der Waals surface area contributed by atoms with E-state index in [1.807, 2.05) is 6.92 Å². The van der Waals surface area contributed by atoms with Gasteiger partial charge in [0.05, 0.1) is 16.4 Å². The number of Topliss-reactive ketones (excluding diaryl/α,β-unsaturated/α-hetero) is 1. The minimum absolute atomic E-state index is 0.0290. The molecule has 1 aliphatic rings. The molecular weight excluding hydrogens is 415 g/mol. The van der Waals surface area contributed by atoms with Crippen molar-refractivity contribution in [3.8, 4) is 5.75 Å². The zero-order valence-corrected chi connectivity index (χ0v) is 17.5. The van der Waals surface area contributed by atoms with Gasteiger partial charge in [0.1, 0.15) is 12.3 Å². The van der Waals surface area contributed by atoms with E-state index in [-0.39, 0.29) is 18.2 Å². The summed E-state index contributed by atoms with van der Waals surface area (Å²) in [6, 6.07) is 9.63. The van der Waals surface area contributed by atoms with Gasteiger partial charge in [-0.25, -0.2) is 0 Å². The first-order chi connectivity index (χ1) is 13.8. The van der Waals surface area contributed by atoms with Crippen LogP contribution in [0, 0.1) is 0 Å². The number of ketones is 1. The van der Waals surface area contributed by atoms with Crippen molar-refractivity contribution in [2.75, 3.05) is 16.8 Å². The van der Waals surface area contributed by atoms with Gasteiger partial charge in [-0.15, -0.1) is 0 Å². The molecular formula is C21H20Cl2N2O4. The molecule has 0 radical (unpaired) electrons. The van der Waals surface area contributed by atoms with Crippen LogP contribution in [0.2, 0.25) is 10.0 Å². The van der Waals surface area contributed by atoms with Crippen molar-refractivity contribution in [2.45, 2.75) is 32.8 Å². The Morgan fingerprint density at radius 2 is 1.93 bits per heavy atom. The second-order valence-electron chi connectivity index (χ2n) is 6.71. The Hall–Kier alpha value is -2.57. The molecule has 1 unspecified atom stereocenters. The number of carbonyl (C=O) groups is 3. The number of fused-ring (bicyclic) bond motifs is 1. The van der Waals surface area contributed by atoms with E-state index in [0.29, 0.717) is 39.2 Å². The number of ether oxygens (including phenoxy) is 1. The molecule has 2 aromatic rings. The molecule has 1 atom stereocenters. The predicted octanol–water partition coefficient (Wildman–Crippen LogP) is 4.73. The van der Waals surface area contributed by atoms with E-state index in [0.717, 1.165) is 6.42 Å². The van der Waals surface area contributed by atoms with Crippen molar-refractivity contribution >= 4 is 52.2 Å². The van der Waals surface area contributed by atoms with E-state index in [2.05, 4.69) is 5.32 Å². The Morgan fingerprint density at radius 1 is 1.17 bits per heavy atom. The Morgan fingerprint density at radius 3 is 2.62 bits per heavy atom. The molecule has 0 aliphatic carbocycles. The third-order valence-electron chi connectivity index (χ3n) is 4.47. The molecule has 2 amide bonds. The van der Waals surface area contributed by atoms with Crippen LogP contribution in [0.25, 0.3) is 0 Å². The van der Waals surface area contributed by atoms with Crippen molar-refractivity contribution in [3.63, 3.8) is 0 Å². The van der Waals surface area contributed by atoms with E-state index in [1.165, 1.54) is 11.0 Å². The van der Waals surface area contributed by atoms with E-state index >= 15 is 0 Å². The number of nitrogens with one attached hydrogen (secondary N) is 1. The molecule has 1 aliphatic heterocycles. The van der Waals surface area contributed by atoms with Crippen molar-refractivity contribution in [1.29, 1.82) is 0 Å². The standard InChI is InChI=1S/C21H20Cl2N2O4/c1-3-4-18(26)13-5-8-19-17(9-13)25(21(28)12(2)29-19)11-20(27)24-16-7-6-14(22)10-15(16)23/h5-10,12H,3-4,11H2,1-2H3,(H,24,27). The summed E-state index contributed by atoms with van der Waals surface area (Å²) in [7, 11) is 0. The van der Waals surface area contributed by atoms with E-state index < -0.39 is 12.0 Å². The average molecular weight is 435 g/mol. The second kappa shape index (κ2) is 8.84. The lowest BCUT2D eigenvalue weighted by molar-refractivity contribution is -0.127. The first-order valence-electron chi connectivity index (χ1n) is 9.20. The molecule has 0 saturated carbocycles. The smallest absolute Gasteiger partial charge is 0.268 e. The second-order valence-corrected chi connectivity index (χ2v) is 7.56. The van der Waals surface area contributed by atoms with Crippen molar-refractivity contribution in [1.82, 2.24) is 0 Å². The average Bonchev–Trinajstić information content (AvgIpc) is 2.67. The third kappa shape index (κ3) is 4.71. The van der Waals surface area contributed by atoms with Gasteiger partial charge in [-0.2, -0.15) is 0 Å². The van der Waals surface area contributed by atoms with Crippen molar-refractivity contribution < 1.29 is 19.1 Å². The van der Waals surface area contributed by atoms with Crippen LogP contribution < -0.4 is 15.0 Å². The topological polar surface area (TPSA) is 75.7 Å². The zero-order chi connectivity index (χ0) is 21.1. The normalized spacial score (nSPS) is 15.5. The summed E-state index contributed by atoms with van der Waals surface area (Å²) >= 11 is 12.0. The number of anilines is 2. The highest BCUT2D eigenvalue weighted by atomic mass is 35.5. The van der Waals surface area contributed by atoms with Crippen LogP contribution in [0.4, 0.5) is 11.4 Å². The molecule has 0 saturated heterocycles. The largest absolute Gasteiger partial charge is 0.479 e. The van der Waals surface area contributed by atoms with Crippen LogP contribution in [0.3, 0.4) is 0 Å². The van der Waals surface area contributed by atoms with Crippen LogP contribution in [-0.2, 0) is 9.59 Å². The highest BCUT2D eigenvalue weighted by Crippen LogP contribution is 2.35. The predicted molar refractivity (Wildman–Crippen MR) is 113 cm³/mol. The molecule has 8 heteroatoms. The van der Waals surface area contributed by atoms with Crippen LogP contribution in [0.5, 0.6) is 5.75 Å². The fraction of sp³-hybridized carbons (Fsp3) is 0.286. The quantitative estimate of drug-likeness (QED) is 0.666. The van der Waals surface area contributed by atoms with Gasteiger partial charge in [0.2, 0.25) is 5.91 Å². The van der Waals surface area contributed by atoms with Gasteiger partial charge in [0.25, 0.3) is 5.91 Å². The van der Waals surface area contributed by atoms with Crippen LogP contribution in [-0.4, -0.2) is 30.2 Å². The van der Waals surface area contributed by atoms with Gasteiger partial charge in [0.15, 0.2) is 11.9 Å². The van der Waals surface area contributed by atoms with Crippen LogP contribution in [0.15, 0.2) is 36.4 Å². The number of rotatable bonds is 6. The number of nitrogens with zero attached hydrogens (tertiary/aromatic N) is 1. The van der Waals surface area contributed by atoms with Crippen molar-refractivity contribution in [2.24, 2.45) is 0 Å². The lowest BCUT2D eigenvalue weighted by Gasteiger charge is -2.32. The number of halogens is 2. The summed E-state index contributed by atoms with van der Waals surface area (Å²) in [6.45, 7) is 3.29. The number of amides is 2. The number of hydrogen-bond donors (Lipinski definition) is 1. The monoisotopic (exact) mass is 434 g/mol. The van der Waals surface area contributed by atoms with Gasteiger partial charge in [0, 0.05) is 17.0 Å².